The lowest BCUT2D eigenvalue weighted by Gasteiger charge is -2.29. The molecule has 0 spiro atoms. The van der Waals surface area contributed by atoms with Crippen molar-refractivity contribution in [1.82, 2.24) is 10.3 Å². The summed E-state index contributed by atoms with van der Waals surface area (Å²) in [5.74, 6) is 0.917. The first-order chi connectivity index (χ1) is 14.2. The van der Waals surface area contributed by atoms with Crippen LogP contribution < -0.4 is 15.0 Å². The Morgan fingerprint density at radius 1 is 1.37 bits per heavy atom. The van der Waals surface area contributed by atoms with Crippen LogP contribution in [0.2, 0.25) is 0 Å². The van der Waals surface area contributed by atoms with Crippen LogP contribution in [0, 0.1) is 12.3 Å². The summed E-state index contributed by atoms with van der Waals surface area (Å²) in [6.45, 7) is 13.5. The van der Waals surface area contributed by atoms with Gasteiger partial charge in [-0.1, -0.05) is 34.1 Å². The molecule has 2 heterocycles. The molecular weight excluding hydrogens is 385 g/mol. The molecule has 0 aliphatic carbocycles. The van der Waals surface area contributed by atoms with Crippen molar-refractivity contribution in [2.24, 2.45) is 5.41 Å². The highest BCUT2D eigenvalue weighted by molar-refractivity contribution is 5.98. The number of pyridine rings is 1. The molecule has 0 saturated carbocycles. The summed E-state index contributed by atoms with van der Waals surface area (Å²) in [6, 6.07) is 1.76. The topological polar surface area (TPSA) is 63.7 Å². The molecule has 7 heteroatoms. The van der Waals surface area contributed by atoms with Crippen LogP contribution in [-0.2, 0) is 4.74 Å². The Bertz CT molecular complexity index is 685. The highest BCUT2D eigenvalue weighted by Gasteiger charge is 2.22. The second-order valence-corrected chi connectivity index (χ2v) is 9.16. The molecule has 1 N–H and O–H groups in total. The van der Waals surface area contributed by atoms with Gasteiger partial charge in [0.15, 0.2) is 0 Å². The third-order valence-electron chi connectivity index (χ3n) is 5.12. The van der Waals surface area contributed by atoms with E-state index in [0.717, 1.165) is 38.2 Å². The molecule has 170 valence electrons. The summed E-state index contributed by atoms with van der Waals surface area (Å²) < 4.78 is 25.3. The number of hydrogen-bond donors (Lipinski definition) is 1. The van der Waals surface area contributed by atoms with Gasteiger partial charge in [-0.3, -0.25) is 4.79 Å². The van der Waals surface area contributed by atoms with Crippen LogP contribution in [0.5, 0.6) is 5.75 Å². The largest absolute Gasteiger partial charge is 0.490 e. The predicted molar refractivity (Wildman–Crippen MR) is 118 cm³/mol. The third kappa shape index (κ3) is 7.74. The van der Waals surface area contributed by atoms with Gasteiger partial charge >= 0.3 is 0 Å². The number of aromatic nitrogens is 1. The number of alkyl halides is 1. The van der Waals surface area contributed by atoms with Crippen molar-refractivity contribution < 1.29 is 18.7 Å². The lowest BCUT2D eigenvalue weighted by molar-refractivity contribution is 0.0943. The van der Waals surface area contributed by atoms with Gasteiger partial charge < -0.3 is 19.7 Å². The number of anilines is 1. The smallest absolute Gasteiger partial charge is 0.256 e. The maximum atomic E-state index is 14.1. The minimum absolute atomic E-state index is 0.0653. The molecule has 0 unspecified atom stereocenters. The van der Waals surface area contributed by atoms with Crippen molar-refractivity contribution in [2.75, 3.05) is 44.4 Å². The number of aryl methyl sites for hydroxylation is 1. The van der Waals surface area contributed by atoms with Crippen LogP contribution in [0.4, 0.5) is 10.2 Å². The molecule has 1 fully saturated rings. The average Bonchev–Trinajstić information content (AvgIpc) is 2.69. The summed E-state index contributed by atoms with van der Waals surface area (Å²) in [5.41, 5.74) is 1.21. The standard InChI is InChI=1S/C23H38FN3O3/c1-6-8-18(24)16-30-19-15-20(27-11-13-29-14-12-27)26-17(2)21(19)22(28)25-10-7-9-23(3,4)5/h15,18H,6-14,16H2,1-5H3,(H,25,28)/t18-/m1/s1. The molecule has 0 bridgehead atoms. The van der Waals surface area contributed by atoms with Crippen LogP contribution in [0.3, 0.4) is 0 Å². The normalized spacial score (nSPS) is 15.7. The number of rotatable bonds is 10. The average molecular weight is 424 g/mol. The van der Waals surface area contributed by atoms with Crippen molar-refractivity contribution in [3.8, 4) is 5.75 Å². The van der Waals surface area contributed by atoms with Gasteiger partial charge in [0.1, 0.15) is 29.9 Å². The zero-order chi connectivity index (χ0) is 22.1. The predicted octanol–water partition coefficient (Wildman–Crippen LogP) is 4.30. The molecule has 6 nitrogen and oxygen atoms in total. The first-order valence-electron chi connectivity index (χ1n) is 11.1. The Hall–Kier alpha value is -1.89. The number of hydrogen-bond acceptors (Lipinski definition) is 5. The Morgan fingerprint density at radius 2 is 2.07 bits per heavy atom. The summed E-state index contributed by atoms with van der Waals surface area (Å²) >= 11 is 0. The molecule has 1 aliphatic rings. The third-order valence-corrected chi connectivity index (χ3v) is 5.12. The van der Waals surface area contributed by atoms with Crippen molar-refractivity contribution in [2.45, 2.75) is 66.5 Å². The zero-order valence-electron chi connectivity index (χ0n) is 19.2. The van der Waals surface area contributed by atoms with E-state index in [4.69, 9.17) is 9.47 Å². The van der Waals surface area contributed by atoms with Crippen LogP contribution in [0.15, 0.2) is 6.07 Å². The van der Waals surface area contributed by atoms with Crippen molar-refractivity contribution >= 4 is 11.7 Å². The molecule has 30 heavy (non-hydrogen) atoms. The van der Waals surface area contributed by atoms with E-state index >= 15 is 0 Å². The van der Waals surface area contributed by atoms with E-state index < -0.39 is 6.17 Å². The fraction of sp³-hybridized carbons (Fsp3) is 0.739. The molecule has 1 saturated heterocycles. The van der Waals surface area contributed by atoms with E-state index in [-0.39, 0.29) is 17.9 Å². The molecule has 2 rings (SSSR count). The van der Waals surface area contributed by atoms with Gasteiger partial charge in [-0.2, -0.15) is 0 Å². The van der Waals surface area contributed by atoms with Gasteiger partial charge in [0.25, 0.3) is 5.91 Å². The number of morpholine rings is 1. The first-order valence-corrected chi connectivity index (χ1v) is 11.1. The molecule has 1 aromatic rings. The van der Waals surface area contributed by atoms with E-state index in [1.165, 1.54) is 0 Å². The lowest BCUT2D eigenvalue weighted by atomic mass is 9.91. The molecule has 0 radical (unpaired) electrons. The number of carbonyl (C=O) groups excluding carboxylic acids is 1. The molecule has 0 aromatic carbocycles. The molecular formula is C23H38FN3O3. The maximum absolute atomic E-state index is 14.1. The second kappa shape index (κ2) is 11.5. The minimum Gasteiger partial charge on any atom is -0.490 e. The van der Waals surface area contributed by atoms with E-state index in [1.807, 2.05) is 6.92 Å². The number of carbonyl (C=O) groups is 1. The molecule has 1 amide bonds. The Morgan fingerprint density at radius 3 is 2.70 bits per heavy atom. The quantitative estimate of drug-likeness (QED) is 0.569. The first kappa shape index (κ1) is 24.4. The molecule has 1 aromatic heterocycles. The SMILES string of the molecule is CCC[C@@H](F)COc1cc(N2CCOCC2)nc(C)c1C(=O)NCCCC(C)(C)C. The van der Waals surface area contributed by atoms with Crippen LogP contribution in [-0.4, -0.2) is 56.5 Å². The van der Waals surface area contributed by atoms with E-state index in [9.17, 15) is 9.18 Å². The van der Waals surface area contributed by atoms with Crippen molar-refractivity contribution in [3.05, 3.63) is 17.3 Å². The Kier molecular flexibility index (Phi) is 9.34. The highest BCUT2D eigenvalue weighted by atomic mass is 19.1. The van der Waals surface area contributed by atoms with Crippen molar-refractivity contribution in [1.29, 1.82) is 0 Å². The van der Waals surface area contributed by atoms with Gasteiger partial charge in [0.05, 0.1) is 18.9 Å². The summed E-state index contributed by atoms with van der Waals surface area (Å²) in [6.07, 6.45) is 2.05. The summed E-state index contributed by atoms with van der Waals surface area (Å²) in [7, 11) is 0. The fourth-order valence-electron chi connectivity index (χ4n) is 3.46. The second-order valence-electron chi connectivity index (χ2n) is 9.16. The van der Waals surface area contributed by atoms with Gasteiger partial charge in [0, 0.05) is 25.7 Å². The number of amides is 1. The van der Waals surface area contributed by atoms with Gasteiger partial charge in [0.2, 0.25) is 0 Å². The van der Waals surface area contributed by atoms with Gasteiger partial charge in [-0.15, -0.1) is 0 Å². The molecule has 1 aliphatic heterocycles. The van der Waals surface area contributed by atoms with Crippen LogP contribution >= 0.6 is 0 Å². The van der Waals surface area contributed by atoms with Gasteiger partial charge in [-0.05, 0) is 31.6 Å². The van der Waals surface area contributed by atoms with E-state index in [0.29, 0.717) is 43.2 Å². The Balaban J connectivity index is 2.17. The fourth-order valence-corrected chi connectivity index (χ4v) is 3.46. The number of ether oxygens (including phenoxy) is 2. The minimum atomic E-state index is -1.06. The maximum Gasteiger partial charge on any atom is 0.256 e. The highest BCUT2D eigenvalue weighted by Crippen LogP contribution is 2.28. The number of halogens is 1. The lowest BCUT2D eigenvalue weighted by Crippen LogP contribution is -2.37. The summed E-state index contributed by atoms with van der Waals surface area (Å²) in [4.78, 5) is 19.7. The monoisotopic (exact) mass is 423 g/mol. The van der Waals surface area contributed by atoms with Crippen LogP contribution in [0.1, 0.15) is 69.4 Å². The van der Waals surface area contributed by atoms with Gasteiger partial charge in [-0.25, -0.2) is 9.37 Å². The van der Waals surface area contributed by atoms with Crippen LogP contribution in [0.25, 0.3) is 0 Å². The van der Waals surface area contributed by atoms with Crippen molar-refractivity contribution in [3.63, 3.8) is 0 Å². The van der Waals surface area contributed by atoms with E-state index in [1.54, 1.807) is 13.0 Å². The zero-order valence-corrected chi connectivity index (χ0v) is 19.2. The number of nitrogens with zero attached hydrogens (tertiary/aromatic N) is 2. The number of nitrogens with one attached hydrogen (secondary N) is 1. The molecule has 1 atom stereocenters. The summed E-state index contributed by atoms with van der Waals surface area (Å²) in [5, 5.41) is 2.98. The van der Waals surface area contributed by atoms with E-state index in [2.05, 4.69) is 36.0 Å². The Labute approximate surface area is 180 Å².